The molecule has 1 atom stereocenters. The zero-order valence-electron chi connectivity index (χ0n) is 13.5. The number of halogens is 6. The molecule has 3 rings (SSSR count). The van der Waals surface area contributed by atoms with Gasteiger partial charge in [-0.3, -0.25) is 4.79 Å². The molecule has 0 radical (unpaired) electrons. The first kappa shape index (κ1) is 21.7. The minimum absolute atomic E-state index is 0.188. The molecule has 0 bridgehead atoms. The number of carboxylic acids is 1. The summed E-state index contributed by atoms with van der Waals surface area (Å²) in [7, 11) is 0. The number of carbonyl (C=O) groups excluding carboxylic acids is 1. The van der Waals surface area contributed by atoms with Crippen LogP contribution in [0.25, 0.3) is 10.2 Å². The molecule has 1 amide bonds. The number of alkyl halides is 6. The molecule has 1 aromatic carbocycles. The molecule has 14 heteroatoms. The van der Waals surface area contributed by atoms with Crippen molar-refractivity contribution in [3.63, 3.8) is 0 Å². The molecule has 2 heterocycles. The number of carbonyl (C=O) groups is 2. The first-order chi connectivity index (χ1) is 12.8. The number of hydrogen-bond donors (Lipinski definition) is 3. The summed E-state index contributed by atoms with van der Waals surface area (Å²) in [5.41, 5.74) is 0.506. The standard InChI is InChI=1S/C12H10F3N3O2S.C2HF3O2/c13-12(14,15)20-6-1-2-7-9(5-6)21-11(17-7)18-10(19)8-3-4-16-8;3-2(4,5)1(6)7/h1-2,5,8,16H,3-4H2,(H,17,18,19);(H,6,7)/t8-;/m0./s1. The zero-order valence-corrected chi connectivity index (χ0v) is 14.3. The van der Waals surface area contributed by atoms with Gasteiger partial charge in [0.15, 0.2) is 5.13 Å². The van der Waals surface area contributed by atoms with Gasteiger partial charge >= 0.3 is 18.5 Å². The van der Waals surface area contributed by atoms with Crippen molar-refractivity contribution in [1.29, 1.82) is 0 Å². The van der Waals surface area contributed by atoms with Gasteiger partial charge in [-0.15, -0.1) is 13.2 Å². The van der Waals surface area contributed by atoms with Crippen molar-refractivity contribution in [2.75, 3.05) is 11.9 Å². The van der Waals surface area contributed by atoms with Gasteiger partial charge in [0.25, 0.3) is 0 Å². The molecular formula is C14H11F6N3O4S. The molecule has 1 saturated heterocycles. The Morgan fingerprint density at radius 3 is 2.32 bits per heavy atom. The Kier molecular flexibility index (Phi) is 6.34. The summed E-state index contributed by atoms with van der Waals surface area (Å²) in [6.45, 7) is 0.802. The molecule has 28 heavy (non-hydrogen) atoms. The summed E-state index contributed by atoms with van der Waals surface area (Å²) < 4.78 is 72.6. The molecule has 1 fully saturated rings. The smallest absolute Gasteiger partial charge is 0.475 e. The summed E-state index contributed by atoms with van der Waals surface area (Å²) in [5, 5.41) is 13.1. The van der Waals surface area contributed by atoms with Crippen LogP contribution in [0.5, 0.6) is 5.75 Å². The number of amides is 1. The molecule has 2 aromatic rings. The maximum atomic E-state index is 12.2. The van der Waals surface area contributed by atoms with E-state index in [1.54, 1.807) is 0 Å². The Labute approximate surface area is 156 Å². The second-order valence-electron chi connectivity index (χ2n) is 5.28. The Morgan fingerprint density at radius 2 is 1.86 bits per heavy atom. The van der Waals surface area contributed by atoms with E-state index >= 15 is 0 Å². The molecule has 154 valence electrons. The summed E-state index contributed by atoms with van der Waals surface area (Å²) >= 11 is 1.10. The van der Waals surface area contributed by atoms with E-state index in [2.05, 4.69) is 20.4 Å². The van der Waals surface area contributed by atoms with E-state index < -0.39 is 18.5 Å². The van der Waals surface area contributed by atoms with E-state index in [0.29, 0.717) is 15.3 Å². The van der Waals surface area contributed by atoms with Gasteiger partial charge in [0.1, 0.15) is 5.75 Å². The predicted molar refractivity (Wildman–Crippen MR) is 85.0 cm³/mol. The fraction of sp³-hybridized carbons (Fsp3) is 0.357. The second kappa shape index (κ2) is 8.18. The van der Waals surface area contributed by atoms with Gasteiger partial charge < -0.3 is 20.5 Å². The van der Waals surface area contributed by atoms with E-state index in [0.717, 1.165) is 24.3 Å². The number of aromatic nitrogens is 1. The van der Waals surface area contributed by atoms with Crippen LogP contribution in [-0.2, 0) is 9.59 Å². The number of carboxylic acid groups (broad SMARTS) is 1. The van der Waals surface area contributed by atoms with Gasteiger partial charge in [-0.25, -0.2) is 9.78 Å². The van der Waals surface area contributed by atoms with Crippen molar-refractivity contribution < 1.29 is 45.8 Å². The van der Waals surface area contributed by atoms with Gasteiger partial charge in [0.05, 0.1) is 16.3 Å². The first-order valence-corrected chi connectivity index (χ1v) is 8.17. The van der Waals surface area contributed by atoms with Crippen molar-refractivity contribution >= 4 is 38.6 Å². The van der Waals surface area contributed by atoms with Crippen LogP contribution in [0.3, 0.4) is 0 Å². The number of fused-ring (bicyclic) bond motifs is 1. The van der Waals surface area contributed by atoms with Gasteiger partial charge in [0, 0.05) is 6.07 Å². The first-order valence-electron chi connectivity index (χ1n) is 7.36. The molecule has 1 aliphatic rings. The number of aliphatic carboxylic acids is 1. The molecule has 7 nitrogen and oxygen atoms in total. The number of anilines is 1. The Balaban J connectivity index is 0.000000345. The van der Waals surface area contributed by atoms with E-state index in [1.807, 2.05) is 0 Å². The molecule has 0 aliphatic carbocycles. The molecule has 1 aromatic heterocycles. The van der Waals surface area contributed by atoms with Crippen LogP contribution in [0.4, 0.5) is 31.5 Å². The average Bonchev–Trinajstić information content (AvgIpc) is 2.84. The maximum absolute atomic E-state index is 12.2. The van der Waals surface area contributed by atoms with E-state index in [1.165, 1.54) is 18.2 Å². The van der Waals surface area contributed by atoms with Crippen LogP contribution in [-0.4, -0.2) is 47.1 Å². The SMILES string of the molecule is O=C(Nc1nc2ccc(OC(F)(F)F)cc2s1)[C@@H]1CCN1.O=C(O)C(F)(F)F. The highest BCUT2D eigenvalue weighted by atomic mass is 32.1. The number of nitrogens with zero attached hydrogens (tertiary/aromatic N) is 1. The lowest BCUT2D eigenvalue weighted by atomic mass is 10.1. The van der Waals surface area contributed by atoms with Gasteiger partial charge in [-0.05, 0) is 25.1 Å². The highest BCUT2D eigenvalue weighted by molar-refractivity contribution is 7.22. The van der Waals surface area contributed by atoms with Crippen molar-refractivity contribution in [3.05, 3.63) is 18.2 Å². The molecule has 0 saturated carbocycles. The fourth-order valence-corrected chi connectivity index (χ4v) is 2.76. The minimum atomic E-state index is -5.08. The highest BCUT2D eigenvalue weighted by Crippen LogP contribution is 2.31. The van der Waals surface area contributed by atoms with Crippen LogP contribution in [0.2, 0.25) is 0 Å². The monoisotopic (exact) mass is 431 g/mol. The summed E-state index contributed by atoms with van der Waals surface area (Å²) in [6.07, 6.45) is -9.05. The maximum Gasteiger partial charge on any atom is 0.573 e. The third kappa shape index (κ3) is 6.23. The molecule has 3 N–H and O–H groups in total. The Morgan fingerprint density at radius 1 is 1.25 bits per heavy atom. The van der Waals surface area contributed by atoms with Crippen LogP contribution >= 0.6 is 11.3 Å². The topological polar surface area (TPSA) is 101 Å². The van der Waals surface area contributed by atoms with Crippen molar-refractivity contribution in [2.45, 2.75) is 25.0 Å². The highest BCUT2D eigenvalue weighted by Gasteiger charge is 2.38. The summed E-state index contributed by atoms with van der Waals surface area (Å²) in [5.74, 6) is -3.25. The average molecular weight is 431 g/mol. The van der Waals surface area contributed by atoms with E-state index in [-0.39, 0.29) is 17.7 Å². The van der Waals surface area contributed by atoms with Gasteiger partial charge in [-0.2, -0.15) is 13.2 Å². The largest absolute Gasteiger partial charge is 0.573 e. The van der Waals surface area contributed by atoms with Crippen LogP contribution < -0.4 is 15.4 Å². The summed E-state index contributed by atoms with van der Waals surface area (Å²) in [4.78, 5) is 24.8. The lowest BCUT2D eigenvalue weighted by molar-refractivity contribution is -0.274. The van der Waals surface area contributed by atoms with Crippen LogP contribution in [0.1, 0.15) is 6.42 Å². The predicted octanol–water partition coefficient (Wildman–Crippen LogP) is 3.13. The number of nitrogens with one attached hydrogen (secondary N) is 2. The van der Waals surface area contributed by atoms with E-state index in [9.17, 15) is 31.1 Å². The van der Waals surface area contributed by atoms with Crippen molar-refractivity contribution in [3.8, 4) is 5.75 Å². The third-order valence-corrected chi connectivity index (χ3v) is 4.14. The molecule has 0 unspecified atom stereocenters. The number of ether oxygens (including phenoxy) is 1. The molecule has 1 aliphatic heterocycles. The molecule has 0 spiro atoms. The zero-order chi connectivity index (χ0) is 21.1. The summed E-state index contributed by atoms with van der Waals surface area (Å²) in [6, 6.07) is 3.64. The van der Waals surface area contributed by atoms with Crippen LogP contribution in [0.15, 0.2) is 18.2 Å². The van der Waals surface area contributed by atoms with Crippen LogP contribution in [0, 0.1) is 0 Å². The number of benzene rings is 1. The molecular weight excluding hydrogens is 420 g/mol. The van der Waals surface area contributed by atoms with Gasteiger partial charge in [-0.1, -0.05) is 11.3 Å². The lowest BCUT2D eigenvalue weighted by Gasteiger charge is -2.25. The Hall–Kier alpha value is -2.61. The normalized spacial score (nSPS) is 16.6. The number of rotatable bonds is 3. The van der Waals surface area contributed by atoms with Crippen molar-refractivity contribution in [1.82, 2.24) is 10.3 Å². The third-order valence-electron chi connectivity index (χ3n) is 3.21. The van der Waals surface area contributed by atoms with Gasteiger partial charge in [0.2, 0.25) is 5.91 Å². The van der Waals surface area contributed by atoms with Crippen molar-refractivity contribution in [2.24, 2.45) is 0 Å². The fourth-order valence-electron chi connectivity index (χ4n) is 1.86. The quantitative estimate of drug-likeness (QED) is 0.646. The minimum Gasteiger partial charge on any atom is -0.475 e. The Bertz CT molecular complexity index is 863. The van der Waals surface area contributed by atoms with E-state index in [4.69, 9.17) is 9.90 Å². The number of thiazole rings is 1. The lowest BCUT2D eigenvalue weighted by Crippen LogP contribution is -2.50. The second-order valence-corrected chi connectivity index (χ2v) is 6.31. The number of hydrogen-bond acceptors (Lipinski definition) is 6.